The Hall–Kier alpha value is -2.95. The third kappa shape index (κ3) is 4.78. The summed E-state index contributed by atoms with van der Waals surface area (Å²) in [4.78, 5) is 21.8. The number of hydrogen-bond donors (Lipinski definition) is 0. The minimum Gasteiger partial charge on any atom is -0.423 e. The van der Waals surface area contributed by atoms with E-state index in [4.69, 9.17) is 4.74 Å². The van der Waals surface area contributed by atoms with Crippen molar-refractivity contribution in [2.45, 2.75) is 26.2 Å². The Morgan fingerprint density at radius 2 is 1.62 bits per heavy atom. The summed E-state index contributed by atoms with van der Waals surface area (Å²) in [6.45, 7) is 6.41. The smallest absolute Gasteiger partial charge is 0.336 e. The molecular formula is C19H19NO4. The molecule has 0 unspecified atom stereocenters. The Morgan fingerprint density at radius 3 is 2.12 bits per heavy atom. The molecule has 0 fully saturated rings. The zero-order valence-electron chi connectivity index (χ0n) is 13.9. The Balaban J connectivity index is 1.98. The highest BCUT2D eigenvalue weighted by atomic mass is 16.6. The molecule has 0 spiro atoms. The van der Waals surface area contributed by atoms with Gasteiger partial charge in [-0.2, -0.15) is 0 Å². The number of hydrogen-bond acceptors (Lipinski definition) is 4. The lowest BCUT2D eigenvalue weighted by Gasteiger charge is -2.18. The van der Waals surface area contributed by atoms with Crippen molar-refractivity contribution in [1.29, 1.82) is 0 Å². The van der Waals surface area contributed by atoms with E-state index in [1.165, 1.54) is 35.9 Å². The number of rotatable bonds is 4. The van der Waals surface area contributed by atoms with Crippen molar-refractivity contribution in [3.8, 4) is 5.75 Å². The molecule has 2 rings (SSSR count). The van der Waals surface area contributed by atoms with Gasteiger partial charge in [0.1, 0.15) is 5.75 Å². The standard InChI is InChI=1S/C19H19NO4/c1-19(2,3)15-7-4-14(5-8-15)6-13-18(21)24-17-11-9-16(10-12-17)20(22)23/h4-13H,1-3H3. The van der Waals surface area contributed by atoms with E-state index in [9.17, 15) is 14.9 Å². The van der Waals surface area contributed by atoms with Crippen LogP contribution in [0.2, 0.25) is 0 Å². The van der Waals surface area contributed by atoms with Crippen LogP contribution in [0.25, 0.3) is 6.08 Å². The van der Waals surface area contributed by atoms with Gasteiger partial charge >= 0.3 is 5.97 Å². The highest BCUT2D eigenvalue weighted by Crippen LogP contribution is 2.22. The minimum absolute atomic E-state index is 0.0516. The number of esters is 1. The molecule has 124 valence electrons. The lowest BCUT2D eigenvalue weighted by Crippen LogP contribution is -2.10. The molecule has 0 aliphatic rings. The molecule has 0 saturated heterocycles. The second-order valence-corrected chi connectivity index (χ2v) is 6.38. The molecule has 24 heavy (non-hydrogen) atoms. The second kappa shape index (κ2) is 7.08. The Labute approximate surface area is 140 Å². The summed E-state index contributed by atoms with van der Waals surface area (Å²) in [6.07, 6.45) is 2.99. The maximum atomic E-state index is 11.8. The number of benzene rings is 2. The van der Waals surface area contributed by atoms with Gasteiger partial charge in [0.25, 0.3) is 5.69 Å². The maximum absolute atomic E-state index is 11.8. The Kier molecular flexibility index (Phi) is 5.14. The van der Waals surface area contributed by atoms with Crippen LogP contribution in [0.5, 0.6) is 5.75 Å². The largest absolute Gasteiger partial charge is 0.423 e. The van der Waals surface area contributed by atoms with Gasteiger partial charge in [-0.25, -0.2) is 4.79 Å². The highest BCUT2D eigenvalue weighted by molar-refractivity contribution is 5.88. The van der Waals surface area contributed by atoms with Crippen LogP contribution in [0.4, 0.5) is 5.69 Å². The Morgan fingerprint density at radius 1 is 1.04 bits per heavy atom. The van der Waals surface area contributed by atoms with Crippen LogP contribution < -0.4 is 4.74 Å². The first kappa shape index (κ1) is 17.4. The van der Waals surface area contributed by atoms with Crippen LogP contribution in [0.1, 0.15) is 31.9 Å². The molecule has 5 nitrogen and oxygen atoms in total. The van der Waals surface area contributed by atoms with Gasteiger partial charge in [0.2, 0.25) is 0 Å². The predicted molar refractivity (Wildman–Crippen MR) is 92.9 cm³/mol. The molecule has 2 aromatic rings. The molecular weight excluding hydrogens is 306 g/mol. The van der Waals surface area contributed by atoms with Crippen molar-refractivity contribution < 1.29 is 14.5 Å². The van der Waals surface area contributed by atoms with Crippen LogP contribution in [0.15, 0.2) is 54.6 Å². The van der Waals surface area contributed by atoms with Crippen LogP contribution in [-0.4, -0.2) is 10.9 Å². The number of nitro benzene ring substituents is 1. The van der Waals surface area contributed by atoms with Gasteiger partial charge in [-0.15, -0.1) is 0 Å². The molecule has 0 N–H and O–H groups in total. The molecule has 0 aliphatic heterocycles. The summed E-state index contributed by atoms with van der Waals surface area (Å²) in [7, 11) is 0. The first-order valence-electron chi connectivity index (χ1n) is 7.50. The average Bonchev–Trinajstić information content (AvgIpc) is 2.53. The van der Waals surface area contributed by atoms with E-state index >= 15 is 0 Å². The van der Waals surface area contributed by atoms with Crippen LogP contribution in [0.3, 0.4) is 0 Å². The van der Waals surface area contributed by atoms with Gasteiger partial charge in [0.15, 0.2) is 0 Å². The predicted octanol–water partition coefficient (Wildman–Crippen LogP) is 4.51. The monoisotopic (exact) mass is 325 g/mol. The average molecular weight is 325 g/mol. The summed E-state index contributed by atoms with van der Waals surface area (Å²) >= 11 is 0. The summed E-state index contributed by atoms with van der Waals surface area (Å²) in [5.74, 6) is -0.276. The fourth-order valence-electron chi connectivity index (χ4n) is 2.04. The molecule has 0 atom stereocenters. The summed E-state index contributed by atoms with van der Waals surface area (Å²) in [6, 6.07) is 13.3. The van der Waals surface area contributed by atoms with Crippen molar-refractivity contribution >= 4 is 17.7 Å². The van der Waals surface area contributed by atoms with E-state index in [1.807, 2.05) is 24.3 Å². The zero-order valence-corrected chi connectivity index (χ0v) is 13.9. The quantitative estimate of drug-likeness (QED) is 0.273. The molecule has 5 heteroatoms. The number of non-ortho nitro benzene ring substituents is 1. The van der Waals surface area contributed by atoms with E-state index in [0.717, 1.165) is 5.56 Å². The lowest BCUT2D eigenvalue weighted by atomic mass is 9.87. The number of nitro groups is 1. The van der Waals surface area contributed by atoms with E-state index in [0.29, 0.717) is 0 Å². The summed E-state index contributed by atoms with van der Waals surface area (Å²) in [5.41, 5.74) is 2.14. The van der Waals surface area contributed by atoms with Gasteiger partial charge in [0.05, 0.1) is 4.92 Å². The van der Waals surface area contributed by atoms with Gasteiger partial charge in [0, 0.05) is 18.2 Å². The normalized spacial score (nSPS) is 11.5. The van der Waals surface area contributed by atoms with Crippen LogP contribution in [0, 0.1) is 10.1 Å². The van der Waals surface area contributed by atoms with Gasteiger partial charge in [-0.05, 0) is 34.8 Å². The summed E-state index contributed by atoms with van der Waals surface area (Å²) in [5, 5.41) is 10.6. The van der Waals surface area contributed by atoms with Crippen molar-refractivity contribution in [2.75, 3.05) is 0 Å². The Bertz CT molecular complexity index is 753. The van der Waals surface area contributed by atoms with E-state index in [2.05, 4.69) is 20.8 Å². The zero-order chi connectivity index (χ0) is 17.7. The SMILES string of the molecule is CC(C)(C)c1ccc(C=CC(=O)Oc2ccc([N+](=O)[O-])cc2)cc1. The van der Waals surface area contributed by atoms with Gasteiger partial charge in [-0.3, -0.25) is 10.1 Å². The number of carbonyl (C=O) groups is 1. The molecule has 0 aliphatic carbocycles. The highest BCUT2D eigenvalue weighted by Gasteiger charge is 2.12. The number of nitrogens with zero attached hydrogens (tertiary/aromatic N) is 1. The first-order chi connectivity index (χ1) is 11.3. The second-order valence-electron chi connectivity index (χ2n) is 6.38. The maximum Gasteiger partial charge on any atom is 0.336 e. The third-order valence-electron chi connectivity index (χ3n) is 3.45. The fourth-order valence-corrected chi connectivity index (χ4v) is 2.04. The lowest BCUT2D eigenvalue weighted by molar-refractivity contribution is -0.384. The van der Waals surface area contributed by atoms with Crippen LogP contribution in [-0.2, 0) is 10.2 Å². The van der Waals surface area contributed by atoms with Crippen molar-refractivity contribution in [1.82, 2.24) is 0 Å². The van der Waals surface area contributed by atoms with E-state index in [-0.39, 0.29) is 16.9 Å². The topological polar surface area (TPSA) is 69.4 Å². The first-order valence-corrected chi connectivity index (χ1v) is 7.50. The molecule has 0 bridgehead atoms. The van der Waals surface area contributed by atoms with E-state index < -0.39 is 10.9 Å². The fraction of sp³-hybridized carbons (Fsp3) is 0.211. The minimum atomic E-state index is -0.538. The van der Waals surface area contributed by atoms with Gasteiger partial charge in [-0.1, -0.05) is 45.0 Å². The molecule has 0 saturated carbocycles. The van der Waals surface area contributed by atoms with Crippen molar-refractivity contribution in [3.05, 3.63) is 75.8 Å². The van der Waals surface area contributed by atoms with Crippen LogP contribution >= 0.6 is 0 Å². The van der Waals surface area contributed by atoms with Gasteiger partial charge < -0.3 is 4.74 Å². The molecule has 2 aromatic carbocycles. The van der Waals surface area contributed by atoms with Crippen molar-refractivity contribution in [3.63, 3.8) is 0 Å². The number of ether oxygens (including phenoxy) is 1. The number of carbonyl (C=O) groups excluding carboxylic acids is 1. The molecule has 0 heterocycles. The van der Waals surface area contributed by atoms with E-state index in [1.54, 1.807) is 6.08 Å². The third-order valence-corrected chi connectivity index (χ3v) is 3.45. The molecule has 0 aromatic heterocycles. The molecule has 0 radical (unpaired) electrons. The molecule has 0 amide bonds. The van der Waals surface area contributed by atoms with Crippen molar-refractivity contribution in [2.24, 2.45) is 0 Å². The summed E-state index contributed by atoms with van der Waals surface area (Å²) < 4.78 is 5.10.